The van der Waals surface area contributed by atoms with Gasteiger partial charge in [-0.1, -0.05) is 12.6 Å². The zero-order valence-electron chi connectivity index (χ0n) is 7.28. The van der Waals surface area contributed by atoms with Crippen molar-refractivity contribution in [1.29, 1.82) is 0 Å². The second-order valence-corrected chi connectivity index (χ2v) is 3.65. The van der Waals surface area contributed by atoms with Gasteiger partial charge >= 0.3 is 0 Å². The van der Waals surface area contributed by atoms with Crippen LogP contribution in [-0.2, 0) is 11.1 Å². The van der Waals surface area contributed by atoms with Crippen LogP contribution in [0.4, 0.5) is 5.69 Å². The van der Waals surface area contributed by atoms with Gasteiger partial charge in [-0.15, -0.1) is 0 Å². The topological polar surface area (TPSA) is 49.3 Å². The van der Waals surface area contributed by atoms with Crippen molar-refractivity contribution in [2.45, 2.75) is 11.8 Å². The summed E-state index contributed by atoms with van der Waals surface area (Å²) in [7, 11) is 0. The van der Waals surface area contributed by atoms with Crippen molar-refractivity contribution in [3.8, 4) is 0 Å². The molecule has 1 unspecified atom stereocenters. The number of nitrogens with one attached hydrogen (secondary N) is 1. The Morgan fingerprint density at radius 1 is 1.62 bits per heavy atom. The van der Waals surface area contributed by atoms with Crippen LogP contribution in [0.2, 0.25) is 0 Å². The Morgan fingerprint density at radius 2 is 2.31 bits per heavy atom. The summed E-state index contributed by atoms with van der Waals surface area (Å²) in [6.45, 7) is 5.50. The van der Waals surface area contributed by atoms with Gasteiger partial charge < -0.3 is 9.87 Å². The predicted octanol–water partition coefficient (Wildman–Crippen LogP) is 2.21. The summed E-state index contributed by atoms with van der Waals surface area (Å²) in [5.41, 5.74) is 1.56. The second-order valence-electron chi connectivity index (χ2n) is 2.68. The van der Waals surface area contributed by atoms with E-state index in [2.05, 4.69) is 11.9 Å². The number of allylic oxidation sites excluding steroid dienone is 1. The van der Waals surface area contributed by atoms with E-state index in [1.54, 1.807) is 18.2 Å². The maximum absolute atomic E-state index is 10.7. The highest BCUT2D eigenvalue weighted by molar-refractivity contribution is 7.79. The third kappa shape index (κ3) is 3.01. The Hall–Kier alpha value is -1.13. The lowest BCUT2D eigenvalue weighted by Gasteiger charge is -2.05. The van der Waals surface area contributed by atoms with Gasteiger partial charge in [-0.2, -0.15) is 0 Å². The van der Waals surface area contributed by atoms with E-state index >= 15 is 0 Å². The molecule has 1 aromatic rings. The van der Waals surface area contributed by atoms with Crippen molar-refractivity contribution in [1.82, 2.24) is 0 Å². The van der Waals surface area contributed by atoms with Crippen LogP contribution in [0.25, 0.3) is 0 Å². The van der Waals surface area contributed by atoms with Crippen LogP contribution in [0.1, 0.15) is 6.92 Å². The van der Waals surface area contributed by atoms with Crippen molar-refractivity contribution < 1.29 is 8.76 Å². The minimum Gasteiger partial charge on any atom is -0.360 e. The van der Waals surface area contributed by atoms with Crippen LogP contribution in [-0.4, -0.2) is 8.76 Å². The minimum absolute atomic E-state index is 0.381. The monoisotopic (exact) mass is 197 g/mol. The van der Waals surface area contributed by atoms with Gasteiger partial charge in [0.1, 0.15) is 0 Å². The van der Waals surface area contributed by atoms with Crippen LogP contribution in [0.15, 0.2) is 41.4 Å². The summed E-state index contributed by atoms with van der Waals surface area (Å²) in [4.78, 5) is 0.381. The van der Waals surface area contributed by atoms with Gasteiger partial charge in [-0.05, 0) is 25.1 Å². The fourth-order valence-electron chi connectivity index (χ4n) is 0.929. The van der Waals surface area contributed by atoms with Crippen molar-refractivity contribution in [2.75, 3.05) is 5.32 Å². The van der Waals surface area contributed by atoms with E-state index < -0.39 is 11.1 Å². The zero-order chi connectivity index (χ0) is 9.84. The van der Waals surface area contributed by atoms with Gasteiger partial charge in [0.05, 0.1) is 4.90 Å². The molecule has 0 aliphatic heterocycles. The van der Waals surface area contributed by atoms with Gasteiger partial charge in [0.15, 0.2) is 11.1 Å². The molecule has 2 N–H and O–H groups in total. The quantitative estimate of drug-likeness (QED) is 0.730. The highest BCUT2D eigenvalue weighted by Crippen LogP contribution is 2.14. The molecule has 13 heavy (non-hydrogen) atoms. The summed E-state index contributed by atoms with van der Waals surface area (Å²) in [5.74, 6) is 0. The van der Waals surface area contributed by atoms with Crippen molar-refractivity contribution in [3.05, 3.63) is 36.5 Å². The van der Waals surface area contributed by atoms with Gasteiger partial charge in [0.2, 0.25) is 0 Å². The fraction of sp³-hybridized carbons (Fsp3) is 0.111. The van der Waals surface area contributed by atoms with Gasteiger partial charge in [-0.3, -0.25) is 0 Å². The van der Waals surface area contributed by atoms with E-state index in [1.165, 1.54) is 0 Å². The van der Waals surface area contributed by atoms with E-state index in [-0.39, 0.29) is 0 Å². The molecule has 0 aromatic heterocycles. The van der Waals surface area contributed by atoms with Gasteiger partial charge in [0.25, 0.3) is 0 Å². The molecule has 1 rings (SSSR count). The molecule has 0 saturated heterocycles. The molecule has 0 spiro atoms. The summed E-state index contributed by atoms with van der Waals surface area (Å²) >= 11 is -1.92. The lowest BCUT2D eigenvalue weighted by atomic mass is 10.3. The molecule has 0 fully saturated rings. The number of hydrogen-bond donors (Lipinski definition) is 2. The molecule has 4 heteroatoms. The average molecular weight is 197 g/mol. The Bertz CT molecular complexity index is 349. The first-order chi connectivity index (χ1) is 6.09. The van der Waals surface area contributed by atoms with Crippen molar-refractivity contribution in [3.63, 3.8) is 0 Å². The fourth-order valence-corrected chi connectivity index (χ4v) is 1.35. The number of hydrogen-bond acceptors (Lipinski definition) is 2. The molecular formula is C9H11NO2S. The molecule has 1 aromatic carbocycles. The normalized spacial score (nSPS) is 12.2. The molecule has 0 amide bonds. The van der Waals surface area contributed by atoms with Crippen molar-refractivity contribution in [2.24, 2.45) is 0 Å². The SMILES string of the molecule is C=C(C)Nc1cccc(S(=O)O)c1. The van der Waals surface area contributed by atoms with Crippen LogP contribution >= 0.6 is 0 Å². The highest BCUT2D eigenvalue weighted by atomic mass is 32.2. The molecule has 0 aliphatic rings. The molecule has 3 nitrogen and oxygen atoms in total. The van der Waals surface area contributed by atoms with Gasteiger partial charge in [0, 0.05) is 11.4 Å². The molecular weight excluding hydrogens is 186 g/mol. The Morgan fingerprint density at radius 3 is 2.85 bits per heavy atom. The smallest absolute Gasteiger partial charge is 0.186 e. The molecule has 0 aliphatic carbocycles. The third-order valence-electron chi connectivity index (χ3n) is 1.39. The zero-order valence-corrected chi connectivity index (χ0v) is 8.10. The number of anilines is 1. The Labute approximate surface area is 79.8 Å². The van der Waals surface area contributed by atoms with Crippen LogP contribution in [0.5, 0.6) is 0 Å². The van der Waals surface area contributed by atoms with Crippen LogP contribution in [0, 0.1) is 0 Å². The Balaban J connectivity index is 2.91. The molecule has 0 heterocycles. The largest absolute Gasteiger partial charge is 0.360 e. The molecule has 0 saturated carbocycles. The lowest BCUT2D eigenvalue weighted by Crippen LogP contribution is -1.95. The van der Waals surface area contributed by atoms with E-state index in [4.69, 9.17) is 4.55 Å². The molecule has 0 radical (unpaired) electrons. The first kappa shape index (κ1) is 9.95. The summed E-state index contributed by atoms with van der Waals surface area (Å²) in [6.07, 6.45) is 0. The average Bonchev–Trinajstić information content (AvgIpc) is 2.03. The second kappa shape index (κ2) is 4.20. The highest BCUT2D eigenvalue weighted by Gasteiger charge is 1.99. The predicted molar refractivity (Wildman–Crippen MR) is 53.9 cm³/mol. The van der Waals surface area contributed by atoms with Crippen molar-refractivity contribution >= 4 is 16.8 Å². The molecule has 1 atom stereocenters. The summed E-state index contributed by atoms with van der Waals surface area (Å²) < 4.78 is 19.5. The summed E-state index contributed by atoms with van der Waals surface area (Å²) in [6, 6.07) is 6.74. The molecule has 70 valence electrons. The standard InChI is InChI=1S/C9H11NO2S/c1-7(2)10-8-4-3-5-9(6-8)13(11)12/h3-6,10H,1H2,2H3,(H,11,12). The maximum atomic E-state index is 10.7. The Kier molecular flexibility index (Phi) is 3.22. The van der Waals surface area contributed by atoms with Crippen LogP contribution < -0.4 is 5.32 Å². The van der Waals surface area contributed by atoms with Crippen LogP contribution in [0.3, 0.4) is 0 Å². The first-order valence-corrected chi connectivity index (χ1v) is 4.84. The number of benzene rings is 1. The van der Waals surface area contributed by atoms with E-state index in [1.807, 2.05) is 13.0 Å². The minimum atomic E-state index is -1.92. The summed E-state index contributed by atoms with van der Waals surface area (Å²) in [5, 5.41) is 2.96. The third-order valence-corrected chi connectivity index (χ3v) is 2.05. The van der Waals surface area contributed by atoms with E-state index in [0.29, 0.717) is 4.90 Å². The first-order valence-electron chi connectivity index (χ1n) is 3.73. The van der Waals surface area contributed by atoms with Gasteiger partial charge in [-0.25, -0.2) is 4.21 Å². The molecule has 0 bridgehead atoms. The van der Waals surface area contributed by atoms with E-state index in [0.717, 1.165) is 11.4 Å². The lowest BCUT2D eigenvalue weighted by molar-refractivity contribution is 0.564. The number of rotatable bonds is 3. The van der Waals surface area contributed by atoms with E-state index in [9.17, 15) is 4.21 Å². The maximum Gasteiger partial charge on any atom is 0.186 e.